The molecule has 0 spiro atoms. The number of carboxylic acids is 1. The van der Waals surface area contributed by atoms with E-state index >= 15 is 0 Å². The number of nitrogens with zero attached hydrogens (tertiary/aromatic N) is 2. The first-order valence-corrected chi connectivity index (χ1v) is 11.1. The van der Waals surface area contributed by atoms with Gasteiger partial charge in [0.2, 0.25) is 0 Å². The van der Waals surface area contributed by atoms with Crippen molar-refractivity contribution in [2.45, 2.75) is 6.92 Å². The number of amides is 1. The lowest BCUT2D eigenvalue weighted by Crippen LogP contribution is -2.28. The number of esters is 1. The molecule has 1 amide bonds. The fourth-order valence-corrected chi connectivity index (χ4v) is 4.30. The van der Waals surface area contributed by atoms with Crippen LogP contribution in [0.25, 0.3) is 6.08 Å². The Hall–Kier alpha value is -3.11. The number of carboxylic acid groups (broad SMARTS) is 1. The third kappa shape index (κ3) is 5.57. The van der Waals surface area contributed by atoms with Crippen molar-refractivity contribution < 1.29 is 29.0 Å². The van der Waals surface area contributed by atoms with Gasteiger partial charge in [-0.05, 0) is 82.7 Å². The van der Waals surface area contributed by atoms with Gasteiger partial charge in [0.15, 0.2) is 11.8 Å². The standard InChI is InChI=1S/C22H19BrN2O6S/c1-3-25-20(27)18(32-22(25)24-15-7-5-14(6-8-15)21(28)29)11-13-4-9-17(16(23)10-13)31-12-19(26)30-2/h4-11H,3,12H2,1-2H3,(H,28,29)/b18-11+,24-22?. The lowest BCUT2D eigenvalue weighted by atomic mass is 10.2. The van der Waals surface area contributed by atoms with E-state index in [9.17, 15) is 14.4 Å². The highest BCUT2D eigenvalue weighted by atomic mass is 79.9. The van der Waals surface area contributed by atoms with Gasteiger partial charge in [0, 0.05) is 6.54 Å². The number of thioether (sulfide) groups is 1. The molecule has 2 aromatic rings. The maximum absolute atomic E-state index is 12.8. The van der Waals surface area contributed by atoms with Crippen molar-refractivity contribution in [3.63, 3.8) is 0 Å². The zero-order valence-electron chi connectivity index (χ0n) is 17.2. The number of hydrogen-bond donors (Lipinski definition) is 1. The summed E-state index contributed by atoms with van der Waals surface area (Å²) in [6, 6.07) is 11.4. The number of halogens is 1. The Morgan fingerprint density at radius 2 is 1.94 bits per heavy atom. The van der Waals surface area contributed by atoms with Gasteiger partial charge < -0.3 is 14.6 Å². The molecule has 166 valence electrons. The van der Waals surface area contributed by atoms with Crippen LogP contribution in [0.2, 0.25) is 0 Å². The number of aromatic carboxylic acids is 1. The fourth-order valence-electron chi connectivity index (χ4n) is 2.73. The first-order valence-electron chi connectivity index (χ1n) is 9.45. The van der Waals surface area contributed by atoms with Gasteiger partial charge >= 0.3 is 11.9 Å². The van der Waals surface area contributed by atoms with Crippen molar-refractivity contribution in [2.24, 2.45) is 4.99 Å². The average molecular weight is 519 g/mol. The molecule has 8 nitrogen and oxygen atoms in total. The molecule has 1 aliphatic rings. The number of methoxy groups -OCH3 is 1. The second kappa shape index (κ2) is 10.5. The Morgan fingerprint density at radius 1 is 1.22 bits per heavy atom. The van der Waals surface area contributed by atoms with Crippen molar-refractivity contribution in [2.75, 3.05) is 20.3 Å². The van der Waals surface area contributed by atoms with E-state index in [2.05, 4.69) is 25.7 Å². The van der Waals surface area contributed by atoms with E-state index < -0.39 is 11.9 Å². The smallest absolute Gasteiger partial charge is 0.343 e. The summed E-state index contributed by atoms with van der Waals surface area (Å²) in [6.45, 7) is 2.09. The summed E-state index contributed by atoms with van der Waals surface area (Å²) in [7, 11) is 1.29. The summed E-state index contributed by atoms with van der Waals surface area (Å²) in [5, 5.41) is 9.54. The highest BCUT2D eigenvalue weighted by molar-refractivity contribution is 9.10. The van der Waals surface area contributed by atoms with Crippen LogP contribution in [0.15, 0.2) is 56.8 Å². The number of benzene rings is 2. The Kier molecular flexibility index (Phi) is 7.70. The second-order valence-electron chi connectivity index (χ2n) is 6.46. The van der Waals surface area contributed by atoms with Crippen LogP contribution in [0.1, 0.15) is 22.8 Å². The van der Waals surface area contributed by atoms with Gasteiger partial charge in [-0.25, -0.2) is 14.6 Å². The third-order valence-corrected chi connectivity index (χ3v) is 6.00. The van der Waals surface area contributed by atoms with Crippen LogP contribution in [0.4, 0.5) is 5.69 Å². The first-order chi connectivity index (χ1) is 15.3. The Morgan fingerprint density at radius 3 is 2.53 bits per heavy atom. The van der Waals surface area contributed by atoms with Crippen LogP contribution in [0.5, 0.6) is 5.75 Å². The predicted octanol–water partition coefficient (Wildman–Crippen LogP) is 4.32. The van der Waals surface area contributed by atoms with Crippen molar-refractivity contribution in [1.82, 2.24) is 4.90 Å². The molecule has 32 heavy (non-hydrogen) atoms. The van der Waals surface area contributed by atoms with E-state index in [1.54, 1.807) is 41.3 Å². The molecule has 1 N–H and O–H groups in total. The normalized spacial score (nSPS) is 16.0. The molecule has 1 saturated heterocycles. The van der Waals surface area contributed by atoms with Gasteiger partial charge in [-0.3, -0.25) is 9.69 Å². The zero-order chi connectivity index (χ0) is 23.3. The van der Waals surface area contributed by atoms with E-state index in [0.717, 1.165) is 5.56 Å². The molecule has 0 bridgehead atoms. The fraction of sp³-hybridized carbons (Fsp3) is 0.182. The first kappa shape index (κ1) is 23.6. The molecule has 0 saturated carbocycles. The summed E-state index contributed by atoms with van der Waals surface area (Å²) < 4.78 is 10.6. The number of rotatable bonds is 7. The minimum absolute atomic E-state index is 0.166. The van der Waals surface area contributed by atoms with E-state index in [1.807, 2.05) is 6.92 Å². The summed E-state index contributed by atoms with van der Waals surface area (Å²) in [4.78, 5) is 41.7. The molecule has 0 unspecified atom stereocenters. The second-order valence-corrected chi connectivity index (χ2v) is 8.32. The SMILES string of the molecule is CCN1C(=O)/C(=C\c2ccc(OCC(=O)OC)c(Br)c2)SC1=Nc1ccc(C(=O)O)cc1. The Labute approximate surface area is 197 Å². The van der Waals surface area contributed by atoms with Gasteiger partial charge in [-0.1, -0.05) is 6.07 Å². The van der Waals surface area contributed by atoms with Crippen molar-refractivity contribution in [1.29, 1.82) is 0 Å². The maximum atomic E-state index is 12.8. The lowest BCUT2D eigenvalue weighted by molar-refractivity contribution is -0.142. The quantitative estimate of drug-likeness (QED) is 0.429. The predicted molar refractivity (Wildman–Crippen MR) is 125 cm³/mol. The summed E-state index contributed by atoms with van der Waals surface area (Å²) in [6.07, 6.45) is 1.75. The Balaban J connectivity index is 1.81. The van der Waals surface area contributed by atoms with E-state index in [1.165, 1.54) is 31.0 Å². The molecule has 0 radical (unpaired) electrons. The highest BCUT2D eigenvalue weighted by Crippen LogP contribution is 2.35. The number of aliphatic imine (C=N–C) groups is 1. The van der Waals surface area contributed by atoms with Gasteiger partial charge in [-0.2, -0.15) is 0 Å². The Bertz CT molecular complexity index is 1110. The maximum Gasteiger partial charge on any atom is 0.343 e. The van der Waals surface area contributed by atoms with Crippen LogP contribution in [-0.2, 0) is 14.3 Å². The number of ether oxygens (including phenoxy) is 2. The molecular formula is C22H19BrN2O6S. The van der Waals surface area contributed by atoms with Crippen LogP contribution in [-0.4, -0.2) is 53.3 Å². The summed E-state index contributed by atoms with van der Waals surface area (Å²) in [5.74, 6) is -1.19. The van der Waals surface area contributed by atoms with Crippen LogP contribution >= 0.6 is 27.7 Å². The number of amidine groups is 1. The minimum atomic E-state index is -1.01. The highest BCUT2D eigenvalue weighted by Gasteiger charge is 2.32. The lowest BCUT2D eigenvalue weighted by Gasteiger charge is -2.12. The molecule has 0 aromatic heterocycles. The molecule has 1 heterocycles. The van der Waals surface area contributed by atoms with E-state index in [4.69, 9.17) is 9.84 Å². The van der Waals surface area contributed by atoms with Gasteiger partial charge in [0.05, 0.1) is 27.7 Å². The molecule has 2 aromatic carbocycles. The van der Waals surface area contributed by atoms with Gasteiger partial charge in [0.1, 0.15) is 5.75 Å². The molecule has 0 atom stereocenters. The number of carbonyl (C=O) groups excluding carboxylic acids is 2. The molecular weight excluding hydrogens is 500 g/mol. The van der Waals surface area contributed by atoms with E-state index in [-0.39, 0.29) is 18.1 Å². The molecule has 3 rings (SSSR count). The van der Waals surface area contributed by atoms with Crippen LogP contribution in [0, 0.1) is 0 Å². The molecule has 1 aliphatic heterocycles. The molecule has 0 aliphatic carbocycles. The number of hydrogen-bond acceptors (Lipinski definition) is 7. The van der Waals surface area contributed by atoms with Crippen molar-refractivity contribution >= 4 is 62.5 Å². The van der Waals surface area contributed by atoms with Crippen molar-refractivity contribution in [3.8, 4) is 5.75 Å². The van der Waals surface area contributed by atoms with Crippen LogP contribution < -0.4 is 4.74 Å². The van der Waals surface area contributed by atoms with Gasteiger partial charge in [-0.15, -0.1) is 0 Å². The zero-order valence-corrected chi connectivity index (χ0v) is 19.6. The number of carbonyl (C=O) groups is 3. The van der Waals surface area contributed by atoms with Crippen molar-refractivity contribution in [3.05, 3.63) is 63.0 Å². The third-order valence-electron chi connectivity index (χ3n) is 4.37. The molecule has 1 fully saturated rings. The van der Waals surface area contributed by atoms with Gasteiger partial charge in [0.25, 0.3) is 5.91 Å². The van der Waals surface area contributed by atoms with E-state index in [0.29, 0.717) is 32.5 Å². The number of likely N-dealkylation sites (N-methyl/N-ethyl adjacent to an activating group) is 1. The summed E-state index contributed by atoms with van der Waals surface area (Å²) >= 11 is 4.65. The molecule has 10 heteroatoms. The summed E-state index contributed by atoms with van der Waals surface area (Å²) in [5.41, 5.74) is 1.49. The monoisotopic (exact) mass is 518 g/mol. The minimum Gasteiger partial charge on any atom is -0.481 e. The largest absolute Gasteiger partial charge is 0.481 e. The topological polar surface area (TPSA) is 106 Å². The average Bonchev–Trinajstić information content (AvgIpc) is 3.06. The van der Waals surface area contributed by atoms with Crippen LogP contribution in [0.3, 0.4) is 0 Å².